The molecule has 6 nitrogen and oxygen atoms in total. The van der Waals surface area contributed by atoms with E-state index in [0.29, 0.717) is 19.6 Å². The van der Waals surface area contributed by atoms with E-state index in [-0.39, 0.29) is 11.8 Å². The van der Waals surface area contributed by atoms with Crippen LogP contribution in [0.25, 0.3) is 0 Å². The summed E-state index contributed by atoms with van der Waals surface area (Å²) < 4.78 is 0. The number of aromatic nitrogens is 1. The van der Waals surface area contributed by atoms with Gasteiger partial charge in [0, 0.05) is 31.5 Å². The number of carbonyl (C=O) groups excluding carboxylic acids is 2. The van der Waals surface area contributed by atoms with Crippen LogP contribution < -0.4 is 11.1 Å². The minimum Gasteiger partial charge on any atom is -0.352 e. The minimum atomic E-state index is -0.453. The maximum atomic E-state index is 12.2. The van der Waals surface area contributed by atoms with Crippen LogP contribution in [0.3, 0.4) is 0 Å². The van der Waals surface area contributed by atoms with Crippen molar-refractivity contribution < 1.29 is 9.59 Å². The summed E-state index contributed by atoms with van der Waals surface area (Å²) in [5.74, 6) is -0.203. The van der Waals surface area contributed by atoms with E-state index in [1.807, 2.05) is 19.9 Å². The van der Waals surface area contributed by atoms with E-state index in [2.05, 4.69) is 10.3 Å². The Balaban J connectivity index is 1.90. The molecule has 0 unspecified atom stereocenters. The monoisotopic (exact) mass is 290 g/mol. The molecular weight excluding hydrogens is 268 g/mol. The van der Waals surface area contributed by atoms with Gasteiger partial charge in [0.1, 0.15) is 0 Å². The average molecular weight is 290 g/mol. The Hall–Kier alpha value is -2.11. The van der Waals surface area contributed by atoms with Gasteiger partial charge in [0.05, 0.1) is 5.92 Å². The van der Waals surface area contributed by atoms with Gasteiger partial charge >= 0.3 is 6.03 Å². The Labute approximate surface area is 124 Å². The molecule has 3 amide bonds. The Kier molecular flexibility index (Phi) is 4.77. The molecule has 0 aromatic carbocycles. The molecule has 21 heavy (non-hydrogen) atoms. The van der Waals surface area contributed by atoms with Crippen LogP contribution in [-0.2, 0) is 11.3 Å². The van der Waals surface area contributed by atoms with Gasteiger partial charge in [-0.15, -0.1) is 0 Å². The molecule has 2 rings (SSSR count). The predicted octanol–water partition coefficient (Wildman–Crippen LogP) is 1.11. The van der Waals surface area contributed by atoms with Crippen LogP contribution in [0.4, 0.5) is 4.79 Å². The minimum absolute atomic E-state index is 0.0269. The van der Waals surface area contributed by atoms with Crippen LogP contribution in [0, 0.1) is 19.8 Å². The van der Waals surface area contributed by atoms with Crippen LogP contribution in [0.2, 0.25) is 0 Å². The van der Waals surface area contributed by atoms with E-state index >= 15 is 0 Å². The summed E-state index contributed by atoms with van der Waals surface area (Å²) in [6.45, 7) is 5.46. The Morgan fingerprint density at radius 3 is 2.90 bits per heavy atom. The van der Waals surface area contributed by atoms with Crippen molar-refractivity contribution in [3.63, 3.8) is 0 Å². The van der Waals surface area contributed by atoms with Crippen molar-refractivity contribution in [3.8, 4) is 0 Å². The van der Waals surface area contributed by atoms with Gasteiger partial charge < -0.3 is 16.0 Å². The summed E-state index contributed by atoms with van der Waals surface area (Å²) in [5.41, 5.74) is 8.37. The first-order chi connectivity index (χ1) is 9.97. The number of piperidine rings is 1. The zero-order valence-corrected chi connectivity index (χ0v) is 12.6. The normalized spacial score (nSPS) is 18.4. The molecule has 0 radical (unpaired) electrons. The Morgan fingerprint density at radius 1 is 1.48 bits per heavy atom. The highest BCUT2D eigenvalue weighted by atomic mass is 16.2. The van der Waals surface area contributed by atoms with Crippen LogP contribution in [0.15, 0.2) is 12.3 Å². The third kappa shape index (κ3) is 3.93. The van der Waals surface area contributed by atoms with Gasteiger partial charge in [0.15, 0.2) is 0 Å². The zero-order valence-electron chi connectivity index (χ0n) is 12.6. The van der Waals surface area contributed by atoms with E-state index in [0.717, 1.165) is 29.7 Å². The number of likely N-dealkylation sites (tertiary alicyclic amines) is 1. The van der Waals surface area contributed by atoms with Gasteiger partial charge in [0.2, 0.25) is 5.91 Å². The van der Waals surface area contributed by atoms with Crippen molar-refractivity contribution in [1.29, 1.82) is 0 Å². The number of hydrogen-bond donors (Lipinski definition) is 2. The standard InChI is InChI=1S/C15H22N4O2/c1-10-6-11(2)17-7-13(10)8-18-14(20)12-4-3-5-19(9-12)15(16)21/h6-7,12H,3-5,8-9H2,1-2H3,(H2,16,21)(H,18,20)/t12-/m1/s1. The molecule has 0 bridgehead atoms. The fourth-order valence-electron chi connectivity index (χ4n) is 2.63. The maximum absolute atomic E-state index is 12.2. The SMILES string of the molecule is Cc1cc(C)c(CNC(=O)[C@@H]2CCCN(C(N)=O)C2)cn1. The molecule has 2 heterocycles. The molecule has 0 spiro atoms. The Morgan fingerprint density at radius 2 is 2.24 bits per heavy atom. The summed E-state index contributed by atoms with van der Waals surface area (Å²) in [7, 11) is 0. The molecule has 1 fully saturated rings. The first kappa shape index (κ1) is 15.3. The van der Waals surface area contributed by atoms with Crippen LogP contribution in [0.1, 0.15) is 29.7 Å². The number of primary amides is 1. The van der Waals surface area contributed by atoms with Gasteiger partial charge in [-0.25, -0.2) is 4.79 Å². The summed E-state index contributed by atoms with van der Waals surface area (Å²) in [5, 5.41) is 2.93. The van der Waals surface area contributed by atoms with Crippen molar-refractivity contribution in [2.75, 3.05) is 13.1 Å². The molecular formula is C15H22N4O2. The molecule has 1 atom stereocenters. The van der Waals surface area contributed by atoms with E-state index in [1.165, 1.54) is 4.90 Å². The number of rotatable bonds is 3. The molecule has 1 aliphatic heterocycles. The Bertz CT molecular complexity index is 544. The van der Waals surface area contributed by atoms with Crippen molar-refractivity contribution in [2.24, 2.45) is 11.7 Å². The van der Waals surface area contributed by atoms with Gasteiger partial charge in [-0.3, -0.25) is 9.78 Å². The number of carbonyl (C=O) groups is 2. The van der Waals surface area contributed by atoms with Gasteiger partial charge in [0.25, 0.3) is 0 Å². The van der Waals surface area contributed by atoms with Gasteiger partial charge in [-0.05, 0) is 43.9 Å². The zero-order chi connectivity index (χ0) is 15.4. The summed E-state index contributed by atoms with van der Waals surface area (Å²) in [6.07, 6.45) is 3.40. The van der Waals surface area contributed by atoms with Crippen LogP contribution in [-0.4, -0.2) is 34.9 Å². The first-order valence-electron chi connectivity index (χ1n) is 7.21. The van der Waals surface area contributed by atoms with Gasteiger partial charge in [-0.1, -0.05) is 0 Å². The van der Waals surface area contributed by atoms with E-state index in [4.69, 9.17) is 5.73 Å². The lowest BCUT2D eigenvalue weighted by Crippen LogP contribution is -2.47. The van der Waals surface area contributed by atoms with E-state index in [1.54, 1.807) is 6.20 Å². The first-order valence-corrected chi connectivity index (χ1v) is 7.21. The molecule has 114 valence electrons. The molecule has 6 heteroatoms. The lowest BCUT2D eigenvalue weighted by molar-refractivity contribution is -0.126. The molecule has 0 aliphatic carbocycles. The number of urea groups is 1. The van der Waals surface area contributed by atoms with Gasteiger partial charge in [-0.2, -0.15) is 0 Å². The number of nitrogens with one attached hydrogen (secondary N) is 1. The molecule has 1 aromatic heterocycles. The van der Waals surface area contributed by atoms with E-state index in [9.17, 15) is 9.59 Å². The van der Waals surface area contributed by atoms with Crippen molar-refractivity contribution in [1.82, 2.24) is 15.2 Å². The molecule has 1 aliphatic rings. The lowest BCUT2D eigenvalue weighted by atomic mass is 9.97. The third-order valence-corrected chi connectivity index (χ3v) is 3.91. The number of nitrogens with two attached hydrogens (primary N) is 1. The lowest BCUT2D eigenvalue weighted by Gasteiger charge is -2.30. The van der Waals surface area contributed by atoms with Crippen molar-refractivity contribution >= 4 is 11.9 Å². The second-order valence-corrected chi connectivity index (χ2v) is 5.59. The highest BCUT2D eigenvalue weighted by molar-refractivity contribution is 5.80. The fourth-order valence-corrected chi connectivity index (χ4v) is 2.63. The molecule has 3 N–H and O–H groups in total. The molecule has 1 saturated heterocycles. The smallest absolute Gasteiger partial charge is 0.314 e. The summed E-state index contributed by atoms with van der Waals surface area (Å²) in [4.78, 5) is 29.2. The van der Waals surface area contributed by atoms with Crippen molar-refractivity contribution in [3.05, 3.63) is 29.1 Å². The maximum Gasteiger partial charge on any atom is 0.314 e. The van der Waals surface area contributed by atoms with Crippen LogP contribution in [0.5, 0.6) is 0 Å². The predicted molar refractivity (Wildman–Crippen MR) is 79.4 cm³/mol. The number of hydrogen-bond acceptors (Lipinski definition) is 3. The summed E-state index contributed by atoms with van der Waals surface area (Å²) >= 11 is 0. The second kappa shape index (κ2) is 6.56. The largest absolute Gasteiger partial charge is 0.352 e. The fraction of sp³-hybridized carbons (Fsp3) is 0.533. The molecule has 1 aromatic rings. The highest BCUT2D eigenvalue weighted by Crippen LogP contribution is 2.16. The quantitative estimate of drug-likeness (QED) is 0.874. The number of amides is 3. The van der Waals surface area contributed by atoms with Crippen LogP contribution >= 0.6 is 0 Å². The summed E-state index contributed by atoms with van der Waals surface area (Å²) in [6, 6.07) is 1.54. The molecule has 0 saturated carbocycles. The highest BCUT2D eigenvalue weighted by Gasteiger charge is 2.27. The van der Waals surface area contributed by atoms with E-state index < -0.39 is 6.03 Å². The second-order valence-electron chi connectivity index (χ2n) is 5.59. The number of aryl methyl sites for hydroxylation is 2. The third-order valence-electron chi connectivity index (χ3n) is 3.91. The average Bonchev–Trinajstić information content (AvgIpc) is 2.46. The van der Waals surface area contributed by atoms with Crippen molar-refractivity contribution in [2.45, 2.75) is 33.2 Å². The number of nitrogens with zero attached hydrogens (tertiary/aromatic N) is 2. The topological polar surface area (TPSA) is 88.3 Å². The number of pyridine rings is 1.